The summed E-state index contributed by atoms with van der Waals surface area (Å²) in [5.74, 6) is -0.411. The van der Waals surface area contributed by atoms with Crippen LogP contribution in [0.2, 0.25) is 0 Å². The average Bonchev–Trinajstić information content (AvgIpc) is 3.52. The molecule has 1 aliphatic heterocycles. The summed E-state index contributed by atoms with van der Waals surface area (Å²) >= 11 is 0. The first-order valence-corrected chi connectivity index (χ1v) is 14.6. The van der Waals surface area contributed by atoms with Crippen molar-refractivity contribution in [3.63, 3.8) is 0 Å². The Bertz CT molecular complexity index is 1740. The number of anilines is 3. The quantitative estimate of drug-likeness (QED) is 0.295. The minimum atomic E-state index is -0.653. The van der Waals surface area contributed by atoms with E-state index in [0.29, 0.717) is 23.8 Å². The Hall–Kier alpha value is -4.09. The van der Waals surface area contributed by atoms with Gasteiger partial charge in [0.1, 0.15) is 29.1 Å². The third kappa shape index (κ3) is 4.76. The minimum absolute atomic E-state index is 0.247. The van der Waals surface area contributed by atoms with Gasteiger partial charge in [0, 0.05) is 74.9 Å². The smallest absolute Gasteiger partial charge is 0.208 e. The van der Waals surface area contributed by atoms with E-state index in [4.69, 9.17) is 5.73 Å². The number of aryl methyl sites for hydroxylation is 1. The van der Waals surface area contributed by atoms with Crippen LogP contribution in [-0.2, 0) is 7.05 Å². The van der Waals surface area contributed by atoms with Crippen LogP contribution in [0.25, 0.3) is 33.2 Å². The number of benzene rings is 2. The largest absolute Gasteiger partial charge is 0.383 e. The van der Waals surface area contributed by atoms with E-state index < -0.39 is 11.6 Å². The number of nitrogens with one attached hydrogen (secondary N) is 1. The van der Waals surface area contributed by atoms with E-state index in [2.05, 4.69) is 47.9 Å². The molecule has 2 fully saturated rings. The van der Waals surface area contributed by atoms with Crippen molar-refractivity contribution >= 4 is 39.5 Å². The van der Waals surface area contributed by atoms with E-state index in [0.717, 1.165) is 72.9 Å². The van der Waals surface area contributed by atoms with Crippen molar-refractivity contribution in [1.29, 1.82) is 0 Å². The molecule has 0 radical (unpaired) electrons. The van der Waals surface area contributed by atoms with Gasteiger partial charge in [-0.25, -0.2) is 23.7 Å². The molecule has 2 aliphatic rings. The van der Waals surface area contributed by atoms with Crippen molar-refractivity contribution in [3.8, 4) is 11.1 Å². The van der Waals surface area contributed by atoms with Crippen LogP contribution in [0.15, 0.2) is 48.9 Å². The number of hydrogen-bond acceptors (Lipinski definition) is 7. The van der Waals surface area contributed by atoms with E-state index in [9.17, 15) is 8.78 Å². The maximum Gasteiger partial charge on any atom is 0.208 e. The van der Waals surface area contributed by atoms with E-state index in [1.165, 1.54) is 18.9 Å². The van der Waals surface area contributed by atoms with Crippen LogP contribution in [0.4, 0.5) is 26.2 Å². The molecule has 2 aromatic carbocycles. The Morgan fingerprint density at radius 1 is 0.905 bits per heavy atom. The fourth-order valence-corrected chi connectivity index (χ4v) is 6.73. The number of nitrogen functional groups attached to an aromatic ring is 1. The third-order valence-corrected chi connectivity index (χ3v) is 9.09. The number of nitrogens with two attached hydrogens (primary N) is 1. The van der Waals surface area contributed by atoms with E-state index in [1.54, 1.807) is 17.9 Å². The van der Waals surface area contributed by atoms with Gasteiger partial charge in [0.15, 0.2) is 5.82 Å². The lowest BCUT2D eigenvalue weighted by molar-refractivity contribution is 0.0828. The zero-order chi connectivity index (χ0) is 29.0. The molecular weight excluding hydrogens is 536 g/mol. The SMILES string of the molecule is CN1CCN(C2CCC(n3cc(-c4ccc(Nc5nc6cc(F)cc(F)c6n5C)cc4)c4c(N)ncnc43)CC2)CC1. The van der Waals surface area contributed by atoms with Crippen LogP contribution >= 0.6 is 0 Å². The number of aromatic nitrogens is 5. The molecule has 0 spiro atoms. The Labute approximate surface area is 243 Å². The average molecular weight is 572 g/mol. The lowest BCUT2D eigenvalue weighted by atomic mass is 9.89. The summed E-state index contributed by atoms with van der Waals surface area (Å²) in [5.41, 5.74) is 10.6. The number of rotatable bonds is 5. The molecule has 0 atom stereocenters. The van der Waals surface area contributed by atoms with Crippen LogP contribution in [0.5, 0.6) is 0 Å². The fourth-order valence-electron chi connectivity index (χ4n) is 6.73. The molecule has 1 saturated carbocycles. The summed E-state index contributed by atoms with van der Waals surface area (Å²) in [7, 11) is 3.90. The van der Waals surface area contributed by atoms with Crippen LogP contribution < -0.4 is 11.1 Å². The first kappa shape index (κ1) is 26.8. The number of likely N-dealkylation sites (N-methyl/N-ethyl adjacent to an activating group) is 1. The van der Waals surface area contributed by atoms with Crippen molar-refractivity contribution in [2.45, 2.75) is 37.8 Å². The van der Waals surface area contributed by atoms with Gasteiger partial charge in [-0.3, -0.25) is 4.90 Å². The Morgan fingerprint density at radius 2 is 1.62 bits per heavy atom. The number of piperazine rings is 1. The predicted molar refractivity (Wildman–Crippen MR) is 162 cm³/mol. The van der Waals surface area contributed by atoms with Gasteiger partial charge in [-0.15, -0.1) is 0 Å². The number of fused-ring (bicyclic) bond motifs is 2. The van der Waals surface area contributed by atoms with Crippen molar-refractivity contribution in [2.75, 3.05) is 44.3 Å². The molecule has 0 bridgehead atoms. The minimum Gasteiger partial charge on any atom is -0.383 e. The normalized spacial score (nSPS) is 20.5. The Morgan fingerprint density at radius 3 is 2.36 bits per heavy atom. The molecule has 5 aromatic rings. The summed E-state index contributed by atoms with van der Waals surface area (Å²) < 4.78 is 32.0. The maximum absolute atomic E-state index is 14.4. The molecule has 3 aromatic heterocycles. The van der Waals surface area contributed by atoms with Gasteiger partial charge < -0.3 is 25.1 Å². The lowest BCUT2D eigenvalue weighted by Crippen LogP contribution is -2.49. The second-order valence-corrected chi connectivity index (χ2v) is 11.7. The number of hydrogen-bond donors (Lipinski definition) is 2. The molecule has 4 heterocycles. The van der Waals surface area contributed by atoms with Gasteiger partial charge in [-0.2, -0.15) is 0 Å². The van der Waals surface area contributed by atoms with Crippen molar-refractivity contribution < 1.29 is 8.78 Å². The lowest BCUT2D eigenvalue weighted by Gasteiger charge is -2.41. The summed E-state index contributed by atoms with van der Waals surface area (Å²) in [6, 6.07) is 11.0. The molecule has 1 saturated heterocycles. The molecule has 218 valence electrons. The highest BCUT2D eigenvalue weighted by atomic mass is 19.1. The molecule has 3 N–H and O–H groups in total. The molecule has 9 nitrogen and oxygen atoms in total. The predicted octanol–water partition coefficient (Wildman–Crippen LogP) is 5.32. The van der Waals surface area contributed by atoms with E-state index in [-0.39, 0.29) is 11.0 Å². The molecule has 0 amide bonds. The zero-order valence-corrected chi connectivity index (χ0v) is 23.9. The highest BCUT2D eigenvalue weighted by Crippen LogP contribution is 2.39. The van der Waals surface area contributed by atoms with Crippen LogP contribution in [0, 0.1) is 11.6 Å². The van der Waals surface area contributed by atoms with Gasteiger partial charge in [0.2, 0.25) is 5.95 Å². The molecule has 7 rings (SSSR count). The molecule has 11 heteroatoms. The Kier molecular flexibility index (Phi) is 6.78. The van der Waals surface area contributed by atoms with Gasteiger partial charge in [-0.1, -0.05) is 12.1 Å². The summed E-state index contributed by atoms with van der Waals surface area (Å²) in [6.07, 6.45) is 8.31. The fraction of sp³-hybridized carbons (Fsp3) is 0.387. The number of nitrogens with zero attached hydrogens (tertiary/aromatic N) is 7. The Balaban J connectivity index is 1.13. The monoisotopic (exact) mass is 571 g/mol. The van der Waals surface area contributed by atoms with Gasteiger partial charge >= 0.3 is 0 Å². The van der Waals surface area contributed by atoms with Crippen LogP contribution in [-0.4, -0.2) is 73.2 Å². The zero-order valence-electron chi connectivity index (χ0n) is 23.9. The third-order valence-electron chi connectivity index (χ3n) is 9.09. The van der Waals surface area contributed by atoms with Crippen molar-refractivity contribution in [2.24, 2.45) is 7.05 Å². The standard InChI is InChI=1S/C31H35F2N9/c1-39-11-13-41(14-12-39)22-7-9-23(10-8-22)42-17-24(27-29(34)35-18-36-30(27)42)19-3-5-21(6-4-19)37-31-38-26-16-20(32)15-25(33)28(26)40(31)2/h3-6,15-18,22-23H,7-14H2,1-2H3,(H,37,38)(H2,34,35,36). The first-order valence-electron chi connectivity index (χ1n) is 14.6. The molecule has 42 heavy (non-hydrogen) atoms. The van der Waals surface area contributed by atoms with Crippen molar-refractivity contribution in [3.05, 3.63) is 60.6 Å². The van der Waals surface area contributed by atoms with E-state index in [1.807, 2.05) is 24.3 Å². The van der Waals surface area contributed by atoms with Gasteiger partial charge in [0.25, 0.3) is 0 Å². The summed E-state index contributed by atoms with van der Waals surface area (Å²) in [5, 5.41) is 4.10. The summed E-state index contributed by atoms with van der Waals surface area (Å²) in [6.45, 7) is 4.60. The second kappa shape index (κ2) is 10.6. The van der Waals surface area contributed by atoms with Crippen LogP contribution in [0.3, 0.4) is 0 Å². The molecular formula is C31H35F2N9. The number of halogens is 2. The summed E-state index contributed by atoms with van der Waals surface area (Å²) in [4.78, 5) is 18.5. The first-order chi connectivity index (χ1) is 20.4. The van der Waals surface area contributed by atoms with Gasteiger partial charge in [0.05, 0.1) is 10.9 Å². The number of imidazole rings is 1. The van der Waals surface area contributed by atoms with Gasteiger partial charge in [-0.05, 0) is 50.4 Å². The maximum atomic E-state index is 14.4. The van der Waals surface area contributed by atoms with Crippen molar-refractivity contribution in [1.82, 2.24) is 33.9 Å². The second-order valence-electron chi connectivity index (χ2n) is 11.7. The highest BCUT2D eigenvalue weighted by Gasteiger charge is 2.30. The topological polar surface area (TPSA) is 93.1 Å². The highest BCUT2D eigenvalue weighted by molar-refractivity contribution is 6.00. The molecule has 1 aliphatic carbocycles. The van der Waals surface area contributed by atoms with Crippen LogP contribution in [0.1, 0.15) is 31.7 Å². The molecule has 0 unspecified atom stereocenters. The van der Waals surface area contributed by atoms with E-state index >= 15 is 0 Å².